The van der Waals surface area contributed by atoms with Gasteiger partial charge in [-0.2, -0.15) is 0 Å². The lowest BCUT2D eigenvalue weighted by Crippen LogP contribution is -2.28. The summed E-state index contributed by atoms with van der Waals surface area (Å²) in [6.45, 7) is 0.773. The Balaban J connectivity index is 1.37. The summed E-state index contributed by atoms with van der Waals surface area (Å²) < 4.78 is 21.8. The van der Waals surface area contributed by atoms with Crippen LogP contribution >= 0.6 is 11.8 Å². The molecule has 1 fully saturated rings. The standard InChI is InChI=1S/C33H26FN3O2S/c1-39-27-17-15-23(16-18-27)20-37-32(38)31(40-33(37)35-26-10-3-2-4-11-26)19-25-22-36(30-14-8-6-12-28(25)30)21-24-9-5-7-13-29(24)34/h2-19,22H,20-21H2,1H3/b31-19-,35-33?. The lowest BCUT2D eigenvalue weighted by atomic mass is 10.1. The first-order chi connectivity index (χ1) is 19.6. The first-order valence-corrected chi connectivity index (χ1v) is 13.7. The molecule has 5 nitrogen and oxygen atoms in total. The minimum atomic E-state index is -0.238. The molecule has 198 valence electrons. The fourth-order valence-corrected chi connectivity index (χ4v) is 5.72. The molecule has 0 bridgehead atoms. The van der Waals surface area contributed by atoms with Crippen molar-refractivity contribution in [2.75, 3.05) is 7.11 Å². The highest BCUT2D eigenvalue weighted by molar-refractivity contribution is 8.18. The molecule has 0 saturated carbocycles. The van der Waals surface area contributed by atoms with Crippen LogP contribution in [0.1, 0.15) is 16.7 Å². The quantitative estimate of drug-likeness (QED) is 0.197. The molecule has 6 rings (SSSR count). The largest absolute Gasteiger partial charge is 0.497 e. The minimum Gasteiger partial charge on any atom is -0.497 e. The van der Waals surface area contributed by atoms with Crippen LogP contribution in [-0.4, -0.2) is 27.7 Å². The van der Waals surface area contributed by atoms with Crippen LogP contribution in [0.2, 0.25) is 0 Å². The average molecular weight is 548 g/mol. The second-order valence-electron chi connectivity index (χ2n) is 9.40. The van der Waals surface area contributed by atoms with Gasteiger partial charge in [-0.05, 0) is 59.8 Å². The predicted molar refractivity (Wildman–Crippen MR) is 160 cm³/mol. The summed E-state index contributed by atoms with van der Waals surface area (Å²) >= 11 is 1.36. The summed E-state index contributed by atoms with van der Waals surface area (Å²) in [5.41, 5.74) is 4.23. The number of fused-ring (bicyclic) bond motifs is 1. The number of nitrogens with zero attached hydrogens (tertiary/aromatic N) is 3. The van der Waals surface area contributed by atoms with E-state index in [1.807, 2.05) is 102 Å². The van der Waals surface area contributed by atoms with Gasteiger partial charge in [0.15, 0.2) is 5.17 Å². The van der Waals surface area contributed by atoms with Gasteiger partial charge in [-0.25, -0.2) is 9.38 Å². The van der Waals surface area contributed by atoms with E-state index in [2.05, 4.69) is 0 Å². The Kier molecular flexibility index (Phi) is 7.21. The van der Waals surface area contributed by atoms with Crippen molar-refractivity contribution in [3.63, 3.8) is 0 Å². The smallest absolute Gasteiger partial charge is 0.267 e. The number of thioether (sulfide) groups is 1. The van der Waals surface area contributed by atoms with Gasteiger partial charge in [-0.15, -0.1) is 0 Å². The molecule has 1 aromatic heterocycles. The van der Waals surface area contributed by atoms with Gasteiger partial charge in [0, 0.05) is 28.2 Å². The first-order valence-electron chi connectivity index (χ1n) is 12.9. The molecule has 0 aliphatic carbocycles. The van der Waals surface area contributed by atoms with Crippen LogP contribution < -0.4 is 4.74 Å². The van der Waals surface area contributed by atoms with Crippen molar-refractivity contribution >= 4 is 45.5 Å². The van der Waals surface area contributed by atoms with Crippen molar-refractivity contribution < 1.29 is 13.9 Å². The van der Waals surface area contributed by atoms with Gasteiger partial charge in [-0.1, -0.05) is 66.7 Å². The molecule has 40 heavy (non-hydrogen) atoms. The van der Waals surface area contributed by atoms with Crippen molar-refractivity contribution in [2.45, 2.75) is 13.1 Å². The maximum atomic E-state index is 14.4. The highest BCUT2D eigenvalue weighted by Gasteiger charge is 2.33. The van der Waals surface area contributed by atoms with Gasteiger partial charge in [0.2, 0.25) is 0 Å². The minimum absolute atomic E-state index is 0.110. The Labute approximate surface area is 236 Å². The van der Waals surface area contributed by atoms with Crippen LogP contribution in [0.3, 0.4) is 0 Å². The third-order valence-corrected chi connectivity index (χ3v) is 7.78. The number of halogens is 1. The first kappa shape index (κ1) is 25.6. The SMILES string of the molecule is COc1ccc(CN2C(=O)/C(=C/c3cn(Cc4ccccc4F)c4ccccc34)SC2=Nc2ccccc2)cc1. The van der Waals surface area contributed by atoms with Gasteiger partial charge < -0.3 is 9.30 Å². The van der Waals surface area contributed by atoms with Gasteiger partial charge in [0.25, 0.3) is 5.91 Å². The Morgan fingerprint density at radius 3 is 2.38 bits per heavy atom. The average Bonchev–Trinajstić information content (AvgIpc) is 3.47. The van der Waals surface area contributed by atoms with Gasteiger partial charge in [-0.3, -0.25) is 9.69 Å². The Morgan fingerprint density at radius 1 is 0.875 bits per heavy atom. The molecular formula is C33H26FN3O2S. The number of benzene rings is 4. The van der Waals surface area contributed by atoms with E-state index in [1.54, 1.807) is 24.1 Å². The molecule has 0 radical (unpaired) electrons. The van der Waals surface area contributed by atoms with E-state index in [4.69, 9.17) is 9.73 Å². The molecule has 2 heterocycles. The van der Waals surface area contributed by atoms with Gasteiger partial charge in [0.05, 0.1) is 30.8 Å². The van der Waals surface area contributed by atoms with Crippen LogP contribution in [-0.2, 0) is 17.9 Å². The number of hydrogen-bond donors (Lipinski definition) is 0. The molecule has 0 spiro atoms. The molecule has 1 amide bonds. The number of amidine groups is 1. The van der Waals surface area contributed by atoms with Gasteiger partial charge >= 0.3 is 0 Å². The summed E-state index contributed by atoms with van der Waals surface area (Å²) in [7, 11) is 1.63. The van der Waals surface area contributed by atoms with Crippen molar-refractivity contribution in [2.24, 2.45) is 4.99 Å². The second-order valence-corrected chi connectivity index (χ2v) is 10.4. The maximum absolute atomic E-state index is 14.4. The van der Waals surface area contributed by atoms with E-state index >= 15 is 0 Å². The Morgan fingerprint density at radius 2 is 1.60 bits per heavy atom. The third kappa shape index (κ3) is 5.28. The molecule has 1 aliphatic heterocycles. The number of methoxy groups -OCH3 is 1. The number of carbonyl (C=O) groups excluding carboxylic acids is 1. The van der Waals surface area contributed by atoms with Gasteiger partial charge in [0.1, 0.15) is 11.6 Å². The number of aliphatic imine (C=N–C) groups is 1. The fraction of sp³-hybridized carbons (Fsp3) is 0.0909. The van der Waals surface area contributed by atoms with Crippen molar-refractivity contribution in [1.29, 1.82) is 0 Å². The number of rotatable bonds is 7. The number of carbonyl (C=O) groups is 1. The van der Waals surface area contributed by atoms with E-state index < -0.39 is 0 Å². The highest BCUT2D eigenvalue weighted by Crippen LogP contribution is 2.37. The lowest BCUT2D eigenvalue weighted by molar-refractivity contribution is -0.122. The zero-order chi connectivity index (χ0) is 27.5. The zero-order valence-electron chi connectivity index (χ0n) is 21.8. The van der Waals surface area contributed by atoms with Crippen LogP contribution in [0.5, 0.6) is 5.75 Å². The summed E-state index contributed by atoms with van der Waals surface area (Å²) in [5.74, 6) is 0.412. The molecule has 4 aromatic carbocycles. The van der Waals surface area contributed by atoms with Crippen molar-refractivity contribution in [1.82, 2.24) is 9.47 Å². The molecule has 1 aliphatic rings. The number of amides is 1. The third-order valence-electron chi connectivity index (χ3n) is 6.77. The van der Waals surface area contributed by atoms with E-state index in [1.165, 1.54) is 17.8 Å². The van der Waals surface area contributed by atoms with Crippen LogP contribution in [0.15, 0.2) is 119 Å². The van der Waals surface area contributed by atoms with E-state index in [0.29, 0.717) is 28.7 Å². The highest BCUT2D eigenvalue weighted by atomic mass is 32.2. The second kappa shape index (κ2) is 11.2. The molecular weight excluding hydrogens is 521 g/mol. The lowest BCUT2D eigenvalue weighted by Gasteiger charge is -2.16. The van der Waals surface area contributed by atoms with E-state index in [-0.39, 0.29) is 11.7 Å². The number of aromatic nitrogens is 1. The Hall–Kier alpha value is -4.62. The van der Waals surface area contributed by atoms with Crippen molar-refractivity contribution in [3.05, 3.63) is 137 Å². The molecule has 0 N–H and O–H groups in total. The molecule has 5 aromatic rings. The fourth-order valence-electron chi connectivity index (χ4n) is 4.73. The van der Waals surface area contributed by atoms with Crippen LogP contribution in [0, 0.1) is 5.82 Å². The molecule has 0 atom stereocenters. The number of ether oxygens (including phenoxy) is 1. The summed E-state index contributed by atoms with van der Waals surface area (Å²) in [6, 6.07) is 32.1. The molecule has 0 unspecified atom stereocenters. The summed E-state index contributed by atoms with van der Waals surface area (Å²) in [4.78, 5) is 20.9. The van der Waals surface area contributed by atoms with Crippen molar-refractivity contribution in [3.8, 4) is 5.75 Å². The molecule has 1 saturated heterocycles. The topological polar surface area (TPSA) is 46.8 Å². The van der Waals surface area contributed by atoms with Crippen LogP contribution in [0.25, 0.3) is 17.0 Å². The summed E-state index contributed by atoms with van der Waals surface area (Å²) in [6.07, 6.45) is 3.90. The van der Waals surface area contributed by atoms with E-state index in [0.717, 1.165) is 33.5 Å². The monoisotopic (exact) mass is 547 g/mol. The van der Waals surface area contributed by atoms with Crippen LogP contribution in [0.4, 0.5) is 10.1 Å². The number of para-hydroxylation sites is 2. The molecule has 7 heteroatoms. The zero-order valence-corrected chi connectivity index (χ0v) is 22.6. The Bertz CT molecular complexity index is 1740. The normalized spacial score (nSPS) is 15.4. The summed E-state index contributed by atoms with van der Waals surface area (Å²) in [5, 5.41) is 1.61. The maximum Gasteiger partial charge on any atom is 0.267 e. The number of hydrogen-bond acceptors (Lipinski definition) is 4. The predicted octanol–water partition coefficient (Wildman–Crippen LogP) is 7.64. The van der Waals surface area contributed by atoms with E-state index in [9.17, 15) is 9.18 Å².